The van der Waals surface area contributed by atoms with Gasteiger partial charge in [-0.3, -0.25) is 0 Å². The summed E-state index contributed by atoms with van der Waals surface area (Å²) in [7, 11) is -3.28. The van der Waals surface area contributed by atoms with Crippen molar-refractivity contribution in [2.75, 3.05) is 7.11 Å². The smallest absolute Gasteiger partial charge is 0.337 e. The van der Waals surface area contributed by atoms with Crippen LogP contribution in [0.4, 0.5) is 0 Å². The normalized spacial score (nSPS) is 27.6. The molecule has 1 aliphatic rings. The summed E-state index contributed by atoms with van der Waals surface area (Å²) in [5.41, 5.74) is -0.671. The quantitative estimate of drug-likeness (QED) is 0.365. The van der Waals surface area contributed by atoms with E-state index in [1.54, 1.807) is 0 Å². The molecule has 5 nitrogen and oxygen atoms in total. The van der Waals surface area contributed by atoms with Crippen molar-refractivity contribution in [1.29, 1.82) is 0 Å². The number of methoxy groups -OCH3 is 1. The zero-order valence-corrected chi connectivity index (χ0v) is 21.6. The van der Waals surface area contributed by atoms with E-state index in [0.717, 1.165) is 5.57 Å². The van der Waals surface area contributed by atoms with Gasteiger partial charge in [0, 0.05) is 6.42 Å². The number of hydrogen-bond acceptors (Lipinski definition) is 5. The minimum atomic E-state index is -2.45. The number of carbonyl (C=O) groups excluding carboxylic acids is 1. The molecule has 0 spiro atoms. The van der Waals surface area contributed by atoms with Gasteiger partial charge >= 0.3 is 5.97 Å². The third-order valence-corrected chi connectivity index (χ3v) is 15.3. The van der Waals surface area contributed by atoms with Crippen LogP contribution in [0.3, 0.4) is 0 Å². The molecular weight excluding hydrogens is 388 g/mol. The summed E-state index contributed by atoms with van der Waals surface area (Å²) < 4.78 is 11.5. The number of rotatable bonds is 6. The van der Waals surface area contributed by atoms with Crippen LogP contribution >= 0.6 is 0 Å². The SMILES string of the molecule is C=C1[C@H](CC(C)(C)[Si](C)(C)O)C[C@@](O)(C(=O)OC)C[C@H]1O[Si](C)(C)C(C)(C)C. The van der Waals surface area contributed by atoms with Crippen molar-refractivity contribution in [3.05, 3.63) is 12.2 Å². The lowest BCUT2D eigenvalue weighted by atomic mass is 9.71. The van der Waals surface area contributed by atoms with Crippen LogP contribution in [-0.4, -0.2) is 51.3 Å². The molecule has 28 heavy (non-hydrogen) atoms. The molecular formula is C21H42O5Si2. The summed E-state index contributed by atoms with van der Waals surface area (Å²) in [6.45, 7) is 23.1. The highest BCUT2D eigenvalue weighted by Gasteiger charge is 2.52. The molecule has 164 valence electrons. The van der Waals surface area contributed by atoms with Crippen LogP contribution in [0.1, 0.15) is 53.9 Å². The zero-order chi connectivity index (χ0) is 22.3. The van der Waals surface area contributed by atoms with Crippen LogP contribution in [0.2, 0.25) is 36.3 Å². The van der Waals surface area contributed by atoms with Crippen molar-refractivity contribution >= 4 is 22.6 Å². The Morgan fingerprint density at radius 1 is 1.18 bits per heavy atom. The van der Waals surface area contributed by atoms with Crippen LogP contribution in [0.15, 0.2) is 12.2 Å². The molecule has 1 rings (SSSR count). The van der Waals surface area contributed by atoms with Gasteiger partial charge in [0.1, 0.15) is 0 Å². The highest BCUT2D eigenvalue weighted by atomic mass is 28.4. The first kappa shape index (κ1) is 25.6. The van der Waals surface area contributed by atoms with Crippen molar-refractivity contribution in [2.45, 2.75) is 102 Å². The van der Waals surface area contributed by atoms with Gasteiger partial charge in [-0.05, 0) is 60.6 Å². The maximum Gasteiger partial charge on any atom is 0.337 e. The molecule has 0 aromatic carbocycles. The standard InChI is InChI=1S/C21H42O5Si2/c1-15-16(12-20(5,6)27(8,9)24)13-21(23,18(22)25-7)14-17(15)26-28(10,11)19(2,3)4/h16-17,23-24H,1,12-14H2,2-11H3/t16-,17-,21+/m1/s1. The first-order valence-corrected chi connectivity index (χ1v) is 16.0. The number of aliphatic hydroxyl groups is 1. The van der Waals surface area contributed by atoms with Crippen LogP contribution in [0.5, 0.6) is 0 Å². The molecule has 3 atom stereocenters. The fraction of sp³-hybridized carbons (Fsp3) is 0.857. The minimum Gasteiger partial charge on any atom is -0.467 e. The zero-order valence-electron chi connectivity index (χ0n) is 19.6. The molecule has 2 N–H and O–H groups in total. The minimum absolute atomic E-state index is 0.00286. The van der Waals surface area contributed by atoms with Crippen molar-refractivity contribution < 1.29 is 23.9 Å². The monoisotopic (exact) mass is 430 g/mol. The van der Waals surface area contributed by atoms with Gasteiger partial charge in [-0.2, -0.15) is 0 Å². The Morgan fingerprint density at radius 3 is 2.07 bits per heavy atom. The summed E-state index contributed by atoms with van der Waals surface area (Å²) in [6.07, 6.45) is 0.673. The van der Waals surface area contributed by atoms with E-state index < -0.39 is 34.3 Å². The summed E-state index contributed by atoms with van der Waals surface area (Å²) in [5.74, 6) is -0.742. The van der Waals surface area contributed by atoms with Gasteiger partial charge in [-0.25, -0.2) is 4.79 Å². The largest absolute Gasteiger partial charge is 0.467 e. The van der Waals surface area contributed by atoms with Crippen molar-refractivity contribution in [1.82, 2.24) is 0 Å². The molecule has 0 heterocycles. The lowest BCUT2D eigenvalue weighted by Gasteiger charge is -2.48. The lowest BCUT2D eigenvalue weighted by Crippen LogP contribution is -2.54. The molecule has 0 saturated heterocycles. The van der Waals surface area contributed by atoms with E-state index in [-0.39, 0.29) is 28.8 Å². The molecule has 1 aliphatic carbocycles. The van der Waals surface area contributed by atoms with E-state index in [0.29, 0.717) is 6.42 Å². The van der Waals surface area contributed by atoms with E-state index in [1.165, 1.54) is 7.11 Å². The van der Waals surface area contributed by atoms with Gasteiger partial charge in [-0.15, -0.1) is 0 Å². The average molecular weight is 431 g/mol. The number of ether oxygens (including phenoxy) is 1. The van der Waals surface area contributed by atoms with E-state index in [1.807, 2.05) is 13.1 Å². The molecule has 0 amide bonds. The second kappa shape index (κ2) is 7.98. The second-order valence-electron chi connectivity index (χ2n) is 11.2. The van der Waals surface area contributed by atoms with Crippen LogP contribution in [-0.2, 0) is 14.0 Å². The first-order valence-electron chi connectivity index (χ1n) is 10.2. The highest BCUT2D eigenvalue weighted by Crippen LogP contribution is 2.50. The van der Waals surface area contributed by atoms with Gasteiger partial charge in [-0.1, -0.05) is 41.2 Å². The summed E-state index contributed by atoms with van der Waals surface area (Å²) >= 11 is 0. The number of esters is 1. The first-order chi connectivity index (χ1) is 12.3. The number of carbonyl (C=O) groups is 1. The number of hydrogen-bond donors (Lipinski definition) is 2. The molecule has 0 aromatic heterocycles. The van der Waals surface area contributed by atoms with Gasteiger partial charge in [0.2, 0.25) is 0 Å². The fourth-order valence-corrected chi connectivity index (χ4v) is 5.44. The average Bonchev–Trinajstić information content (AvgIpc) is 2.48. The topological polar surface area (TPSA) is 76.0 Å². The predicted octanol–water partition coefficient (Wildman–Crippen LogP) is 4.61. The molecule has 0 unspecified atom stereocenters. The van der Waals surface area contributed by atoms with Crippen molar-refractivity contribution in [2.24, 2.45) is 5.92 Å². The summed E-state index contributed by atoms with van der Waals surface area (Å²) in [6, 6.07) is 0. The third kappa shape index (κ3) is 5.36. The second-order valence-corrected chi connectivity index (χ2v) is 20.4. The maximum absolute atomic E-state index is 12.4. The molecule has 0 aromatic rings. The van der Waals surface area contributed by atoms with Crippen LogP contribution < -0.4 is 0 Å². The van der Waals surface area contributed by atoms with Crippen molar-refractivity contribution in [3.8, 4) is 0 Å². The molecule has 1 fully saturated rings. The van der Waals surface area contributed by atoms with Gasteiger partial charge in [0.05, 0.1) is 13.2 Å². The van der Waals surface area contributed by atoms with Crippen molar-refractivity contribution in [3.63, 3.8) is 0 Å². The van der Waals surface area contributed by atoms with E-state index in [9.17, 15) is 14.7 Å². The molecule has 0 radical (unpaired) electrons. The molecule has 7 heteroatoms. The van der Waals surface area contributed by atoms with Crippen LogP contribution in [0.25, 0.3) is 0 Å². The Labute approximate surface area is 173 Å². The lowest BCUT2D eigenvalue weighted by molar-refractivity contribution is -0.169. The van der Waals surface area contributed by atoms with E-state index >= 15 is 0 Å². The van der Waals surface area contributed by atoms with E-state index in [2.05, 4.69) is 54.3 Å². The molecule has 0 bridgehead atoms. The Kier molecular flexibility index (Phi) is 7.29. The van der Waals surface area contributed by atoms with E-state index in [4.69, 9.17) is 9.16 Å². The highest BCUT2D eigenvalue weighted by molar-refractivity contribution is 6.74. The van der Waals surface area contributed by atoms with Gasteiger partial charge in [0.25, 0.3) is 0 Å². The summed E-state index contributed by atoms with van der Waals surface area (Å²) in [5, 5.41) is 10.9. The Balaban J connectivity index is 3.27. The molecule has 1 saturated carbocycles. The Bertz CT molecular complexity index is 559. The third-order valence-electron chi connectivity index (χ3n) is 7.27. The van der Waals surface area contributed by atoms with Gasteiger partial charge < -0.3 is 19.1 Å². The Hall–Kier alpha value is -0.476. The Morgan fingerprint density at radius 2 is 1.68 bits per heavy atom. The van der Waals surface area contributed by atoms with Crippen LogP contribution in [0, 0.1) is 5.92 Å². The molecule has 0 aliphatic heterocycles. The summed E-state index contributed by atoms with van der Waals surface area (Å²) in [4.78, 5) is 23.2. The van der Waals surface area contributed by atoms with Gasteiger partial charge in [0.15, 0.2) is 22.2 Å². The maximum atomic E-state index is 12.4. The fourth-order valence-electron chi connectivity index (χ4n) is 3.40. The predicted molar refractivity (Wildman–Crippen MR) is 119 cm³/mol.